The number of amides is 1. The lowest BCUT2D eigenvalue weighted by Gasteiger charge is -2.18. The highest BCUT2D eigenvalue weighted by atomic mass is 32.1. The summed E-state index contributed by atoms with van der Waals surface area (Å²) in [5.74, 6) is 0.0293. The van der Waals surface area contributed by atoms with Crippen LogP contribution in [0.25, 0.3) is 5.69 Å². The fraction of sp³-hybridized carbons (Fsp3) is 0.455. The van der Waals surface area contributed by atoms with Gasteiger partial charge in [0.05, 0.1) is 18.1 Å². The Morgan fingerprint density at radius 1 is 1.23 bits per heavy atom. The molecule has 1 amide bonds. The monoisotopic (exact) mass is 456 g/mol. The summed E-state index contributed by atoms with van der Waals surface area (Å²) in [6.45, 7) is 9.15. The van der Waals surface area contributed by atoms with Crippen LogP contribution in [0, 0.1) is 24.7 Å². The minimum absolute atomic E-state index is 0.0293. The lowest BCUT2D eigenvalue weighted by Crippen LogP contribution is -2.31. The second kappa shape index (κ2) is 8.64. The molecule has 0 bridgehead atoms. The van der Waals surface area contributed by atoms with Crippen LogP contribution in [-0.4, -0.2) is 43.5 Å². The Bertz CT molecular complexity index is 1170. The summed E-state index contributed by atoms with van der Waals surface area (Å²) in [5.41, 5.74) is 5.66. The number of rotatable bonds is 7. The van der Waals surface area contributed by atoms with E-state index in [1.807, 2.05) is 21.5 Å². The lowest BCUT2D eigenvalue weighted by atomic mass is 10.1. The second-order valence-electron chi connectivity index (χ2n) is 8.27. The van der Waals surface area contributed by atoms with Gasteiger partial charge < -0.3 is 0 Å². The molecule has 2 aromatic heterocycles. The topological polar surface area (TPSA) is 59.2 Å². The molecule has 2 heterocycles. The quantitative estimate of drug-likeness (QED) is 0.494. The minimum Gasteiger partial charge on any atom is -0.284 e. The Balaban J connectivity index is 1.52. The fourth-order valence-electron chi connectivity index (χ4n) is 3.85. The molecule has 31 heavy (non-hydrogen) atoms. The largest absolute Gasteiger partial charge is 0.284 e. The van der Waals surface area contributed by atoms with E-state index in [-0.39, 0.29) is 11.9 Å². The summed E-state index contributed by atoms with van der Waals surface area (Å²) in [4.78, 5) is 16.0. The van der Waals surface area contributed by atoms with Gasteiger partial charge in [-0.3, -0.25) is 14.6 Å². The second-order valence-corrected chi connectivity index (χ2v) is 9.87. The number of anilines is 1. The van der Waals surface area contributed by atoms with Crippen molar-refractivity contribution in [2.24, 2.45) is 0 Å². The van der Waals surface area contributed by atoms with Crippen LogP contribution in [-0.2, 0) is 18.0 Å². The minimum atomic E-state index is 0.0293. The van der Waals surface area contributed by atoms with E-state index in [9.17, 15) is 4.79 Å². The zero-order valence-electron chi connectivity index (χ0n) is 18.6. The van der Waals surface area contributed by atoms with E-state index in [1.165, 1.54) is 22.5 Å². The molecule has 9 heteroatoms. The predicted molar refractivity (Wildman–Crippen MR) is 126 cm³/mol. The maximum absolute atomic E-state index is 12.1. The number of para-hydroxylation sites is 1. The first kappa shape index (κ1) is 21.9. The van der Waals surface area contributed by atoms with E-state index in [0.717, 1.165) is 36.5 Å². The van der Waals surface area contributed by atoms with Crippen LogP contribution >= 0.6 is 23.6 Å². The van der Waals surface area contributed by atoms with Crippen LogP contribution < -0.4 is 4.90 Å². The van der Waals surface area contributed by atoms with Crippen molar-refractivity contribution in [3.05, 3.63) is 50.7 Å². The molecular weight excluding hydrogens is 428 g/mol. The standard InChI is InChI=1S/C22H28N6OS2/c1-14-8-6-7-9-20(14)28-16(3)19(15(2)23-28)12-25(5)13-26-22(30)31-21(24-26)27(17(4)29)18-10-11-18/h6-9,18H,10-13H2,1-5H3. The predicted octanol–water partition coefficient (Wildman–Crippen LogP) is 4.39. The molecule has 164 valence electrons. The molecule has 0 spiro atoms. The van der Waals surface area contributed by atoms with Gasteiger partial charge in [-0.15, -0.1) is 5.10 Å². The van der Waals surface area contributed by atoms with Crippen LogP contribution in [0.15, 0.2) is 24.3 Å². The molecular formula is C22H28N6OS2. The first-order valence-electron chi connectivity index (χ1n) is 10.4. The van der Waals surface area contributed by atoms with Crippen molar-refractivity contribution in [3.63, 3.8) is 0 Å². The van der Waals surface area contributed by atoms with Gasteiger partial charge in [-0.2, -0.15) is 5.10 Å². The number of aryl methyl sites for hydroxylation is 2. The Morgan fingerprint density at radius 3 is 2.58 bits per heavy atom. The highest BCUT2D eigenvalue weighted by molar-refractivity contribution is 7.73. The Hall–Kier alpha value is -2.36. The van der Waals surface area contributed by atoms with Crippen LogP contribution in [0.3, 0.4) is 0 Å². The summed E-state index contributed by atoms with van der Waals surface area (Å²) >= 11 is 6.95. The van der Waals surface area contributed by atoms with Gasteiger partial charge in [0.25, 0.3) is 0 Å². The van der Waals surface area contributed by atoms with Gasteiger partial charge in [-0.05, 0) is 64.5 Å². The zero-order chi connectivity index (χ0) is 22.3. The number of hydrogen-bond acceptors (Lipinski definition) is 6. The van der Waals surface area contributed by atoms with Crippen molar-refractivity contribution >= 4 is 34.6 Å². The lowest BCUT2D eigenvalue weighted by molar-refractivity contribution is -0.116. The van der Waals surface area contributed by atoms with Crippen molar-refractivity contribution in [1.82, 2.24) is 24.5 Å². The first-order chi connectivity index (χ1) is 14.8. The van der Waals surface area contributed by atoms with Crippen molar-refractivity contribution in [1.29, 1.82) is 0 Å². The number of carbonyl (C=O) groups is 1. The van der Waals surface area contributed by atoms with E-state index >= 15 is 0 Å². The highest BCUT2D eigenvalue weighted by Gasteiger charge is 2.34. The number of aromatic nitrogens is 4. The maximum atomic E-state index is 12.1. The Labute approximate surface area is 191 Å². The molecule has 1 aromatic carbocycles. The third-order valence-corrected chi connectivity index (χ3v) is 6.95. The SMILES string of the molecule is CC(=O)N(c1nn(CN(C)Cc2c(C)nn(-c3ccccc3C)c2C)c(=S)s1)C1CC1. The molecule has 7 nitrogen and oxygen atoms in total. The van der Waals surface area contributed by atoms with E-state index in [2.05, 4.69) is 50.0 Å². The van der Waals surface area contributed by atoms with Crippen LogP contribution in [0.1, 0.15) is 42.3 Å². The van der Waals surface area contributed by atoms with E-state index < -0.39 is 0 Å². The molecule has 0 N–H and O–H groups in total. The fourth-order valence-corrected chi connectivity index (χ4v) is 5.05. The Morgan fingerprint density at radius 2 is 1.94 bits per heavy atom. The molecule has 1 fully saturated rings. The van der Waals surface area contributed by atoms with Crippen LogP contribution in [0.2, 0.25) is 0 Å². The molecule has 0 atom stereocenters. The molecule has 0 saturated heterocycles. The van der Waals surface area contributed by atoms with Gasteiger partial charge in [0.15, 0.2) is 3.95 Å². The van der Waals surface area contributed by atoms with E-state index in [0.29, 0.717) is 15.8 Å². The van der Waals surface area contributed by atoms with E-state index in [1.54, 1.807) is 11.8 Å². The van der Waals surface area contributed by atoms with Gasteiger partial charge in [0.2, 0.25) is 11.0 Å². The summed E-state index contributed by atoms with van der Waals surface area (Å²) in [6, 6.07) is 8.56. The molecule has 3 aromatic rings. The zero-order valence-corrected chi connectivity index (χ0v) is 20.3. The number of carbonyl (C=O) groups excluding carboxylic acids is 1. The number of nitrogens with zero attached hydrogens (tertiary/aromatic N) is 6. The van der Waals surface area contributed by atoms with Gasteiger partial charge in [0.1, 0.15) is 0 Å². The summed E-state index contributed by atoms with van der Waals surface area (Å²) in [6.07, 6.45) is 2.07. The average Bonchev–Trinajstić information content (AvgIpc) is 3.42. The van der Waals surface area contributed by atoms with Crippen LogP contribution in [0.4, 0.5) is 5.13 Å². The average molecular weight is 457 g/mol. The summed E-state index contributed by atoms with van der Waals surface area (Å²) in [7, 11) is 2.05. The number of hydrogen-bond donors (Lipinski definition) is 0. The molecule has 4 rings (SSSR count). The summed E-state index contributed by atoms with van der Waals surface area (Å²) < 4.78 is 4.52. The molecule has 1 aliphatic rings. The Kier molecular flexibility index (Phi) is 6.09. The maximum Gasteiger partial charge on any atom is 0.225 e. The molecule has 0 unspecified atom stereocenters. The van der Waals surface area contributed by atoms with Crippen molar-refractivity contribution in [2.45, 2.75) is 59.8 Å². The van der Waals surface area contributed by atoms with Crippen molar-refractivity contribution < 1.29 is 4.79 Å². The van der Waals surface area contributed by atoms with Gasteiger partial charge in [-0.25, -0.2) is 9.36 Å². The molecule has 0 radical (unpaired) electrons. The smallest absolute Gasteiger partial charge is 0.225 e. The summed E-state index contributed by atoms with van der Waals surface area (Å²) in [5, 5.41) is 10.2. The normalized spacial score (nSPS) is 13.7. The van der Waals surface area contributed by atoms with Crippen molar-refractivity contribution in [2.75, 3.05) is 11.9 Å². The van der Waals surface area contributed by atoms with E-state index in [4.69, 9.17) is 17.3 Å². The first-order valence-corrected chi connectivity index (χ1v) is 11.7. The molecule has 0 aliphatic heterocycles. The molecule has 1 saturated carbocycles. The van der Waals surface area contributed by atoms with Crippen molar-refractivity contribution in [3.8, 4) is 5.69 Å². The molecule has 1 aliphatic carbocycles. The third kappa shape index (κ3) is 4.49. The van der Waals surface area contributed by atoms with Gasteiger partial charge >= 0.3 is 0 Å². The highest BCUT2D eigenvalue weighted by Crippen LogP contribution is 2.33. The third-order valence-electron chi connectivity index (χ3n) is 5.64. The number of benzene rings is 1. The van der Waals surface area contributed by atoms with Gasteiger partial charge in [0, 0.05) is 30.8 Å². The van der Waals surface area contributed by atoms with Crippen LogP contribution in [0.5, 0.6) is 0 Å². The van der Waals surface area contributed by atoms with Gasteiger partial charge in [-0.1, -0.05) is 29.5 Å².